The second-order valence-corrected chi connectivity index (χ2v) is 8.23. The van der Waals surface area contributed by atoms with Gasteiger partial charge >= 0.3 is 0 Å². The van der Waals surface area contributed by atoms with Crippen LogP contribution in [0.2, 0.25) is 0 Å². The van der Waals surface area contributed by atoms with Crippen LogP contribution in [0.1, 0.15) is 16.3 Å². The number of thiazole rings is 1. The monoisotopic (exact) mass is 361 g/mol. The molecule has 0 radical (unpaired) electrons. The van der Waals surface area contributed by atoms with Gasteiger partial charge < -0.3 is 4.90 Å². The number of benzene rings is 1. The minimum atomic E-state index is 0.240. The first kappa shape index (κ1) is 17.5. The maximum Gasteiger partial charge on any atom is 0.233 e. The largest absolute Gasteiger partial charge is 0.339 e. The Kier molecular flexibility index (Phi) is 5.92. The topological polar surface area (TPSA) is 36.4 Å². The molecular weight excluding hydrogens is 338 g/mol. The lowest BCUT2D eigenvalue weighted by molar-refractivity contribution is -0.130. The summed E-state index contributed by atoms with van der Waals surface area (Å²) in [6.07, 6.45) is 0. The highest BCUT2D eigenvalue weighted by atomic mass is 32.2. The molecule has 1 fully saturated rings. The summed E-state index contributed by atoms with van der Waals surface area (Å²) < 4.78 is 0. The van der Waals surface area contributed by atoms with Crippen LogP contribution < -0.4 is 0 Å². The predicted octanol–water partition coefficient (Wildman–Crippen LogP) is 3.20. The minimum absolute atomic E-state index is 0.240. The molecule has 2 heterocycles. The molecular formula is C18H23N3OS2. The number of amides is 1. The van der Waals surface area contributed by atoms with Gasteiger partial charge in [0.15, 0.2) is 0 Å². The van der Waals surface area contributed by atoms with Crippen molar-refractivity contribution in [3.63, 3.8) is 0 Å². The highest BCUT2D eigenvalue weighted by Gasteiger charge is 2.21. The van der Waals surface area contributed by atoms with Crippen molar-refractivity contribution in [3.8, 4) is 0 Å². The van der Waals surface area contributed by atoms with Gasteiger partial charge in [-0.1, -0.05) is 17.7 Å². The summed E-state index contributed by atoms with van der Waals surface area (Å²) in [5.41, 5.74) is 2.39. The lowest BCUT2D eigenvalue weighted by Crippen LogP contribution is -2.48. The summed E-state index contributed by atoms with van der Waals surface area (Å²) in [7, 11) is 0. The van der Waals surface area contributed by atoms with E-state index >= 15 is 0 Å². The van der Waals surface area contributed by atoms with Crippen LogP contribution in [0.5, 0.6) is 0 Å². The molecule has 1 aliphatic rings. The number of piperazine rings is 1. The van der Waals surface area contributed by atoms with E-state index in [0.717, 1.165) is 48.3 Å². The zero-order valence-corrected chi connectivity index (χ0v) is 15.8. The van der Waals surface area contributed by atoms with E-state index < -0.39 is 0 Å². The summed E-state index contributed by atoms with van der Waals surface area (Å²) in [4.78, 5) is 22.4. The first-order valence-corrected chi connectivity index (χ1v) is 10.1. The van der Waals surface area contributed by atoms with Gasteiger partial charge in [0.1, 0.15) is 0 Å². The molecule has 4 nitrogen and oxygen atoms in total. The summed E-state index contributed by atoms with van der Waals surface area (Å²) >= 11 is 3.32. The number of aromatic nitrogens is 1. The van der Waals surface area contributed by atoms with Crippen molar-refractivity contribution in [1.82, 2.24) is 14.8 Å². The van der Waals surface area contributed by atoms with E-state index in [1.54, 1.807) is 23.1 Å². The smallest absolute Gasteiger partial charge is 0.233 e. The van der Waals surface area contributed by atoms with Crippen LogP contribution in [0.15, 0.2) is 34.5 Å². The van der Waals surface area contributed by atoms with E-state index in [-0.39, 0.29) is 5.91 Å². The molecule has 128 valence electrons. The predicted molar refractivity (Wildman–Crippen MR) is 101 cm³/mol. The lowest BCUT2D eigenvalue weighted by atomic mass is 10.2. The molecule has 1 aromatic carbocycles. The van der Waals surface area contributed by atoms with Gasteiger partial charge in [-0.15, -0.1) is 23.1 Å². The van der Waals surface area contributed by atoms with Crippen LogP contribution in [-0.4, -0.2) is 52.6 Å². The number of hydrogen-bond donors (Lipinski definition) is 0. The van der Waals surface area contributed by atoms with E-state index in [2.05, 4.69) is 46.5 Å². The number of aryl methyl sites for hydroxylation is 2. The fourth-order valence-corrected chi connectivity index (χ4v) is 4.14. The Morgan fingerprint density at radius 3 is 2.50 bits per heavy atom. The molecule has 1 saturated heterocycles. The number of hydrogen-bond acceptors (Lipinski definition) is 5. The maximum absolute atomic E-state index is 12.4. The molecule has 0 saturated carbocycles. The highest BCUT2D eigenvalue weighted by molar-refractivity contribution is 8.00. The number of thioether (sulfide) groups is 1. The third-order valence-electron chi connectivity index (χ3n) is 4.16. The van der Waals surface area contributed by atoms with Gasteiger partial charge in [-0.05, 0) is 26.0 Å². The van der Waals surface area contributed by atoms with Crippen LogP contribution in [0, 0.1) is 13.8 Å². The van der Waals surface area contributed by atoms with Gasteiger partial charge in [-0.25, -0.2) is 4.98 Å². The summed E-state index contributed by atoms with van der Waals surface area (Å²) in [6.45, 7) is 8.49. The average molecular weight is 362 g/mol. The summed E-state index contributed by atoms with van der Waals surface area (Å²) in [5.74, 6) is 0.763. The Bertz CT molecular complexity index is 676. The zero-order valence-electron chi connectivity index (χ0n) is 14.2. The molecule has 2 aromatic rings. The van der Waals surface area contributed by atoms with Crippen LogP contribution in [0.4, 0.5) is 0 Å². The standard InChI is InChI=1S/C18H23N3OS2/c1-14-3-5-17(6-4-14)24-13-18(22)21-9-7-20(8-10-21)11-16-12-23-15(2)19-16/h3-6,12H,7-11,13H2,1-2H3. The molecule has 1 amide bonds. The van der Waals surface area contributed by atoms with E-state index in [4.69, 9.17) is 0 Å². The maximum atomic E-state index is 12.4. The normalized spacial score (nSPS) is 15.7. The van der Waals surface area contributed by atoms with Crippen molar-refractivity contribution >= 4 is 29.0 Å². The van der Waals surface area contributed by atoms with Crippen molar-refractivity contribution in [2.24, 2.45) is 0 Å². The Morgan fingerprint density at radius 1 is 1.17 bits per heavy atom. The lowest BCUT2D eigenvalue weighted by Gasteiger charge is -2.34. The molecule has 0 bridgehead atoms. The summed E-state index contributed by atoms with van der Waals surface area (Å²) in [5, 5.41) is 3.25. The molecule has 24 heavy (non-hydrogen) atoms. The molecule has 0 unspecified atom stereocenters. The first-order valence-electron chi connectivity index (χ1n) is 8.21. The number of nitrogens with zero attached hydrogens (tertiary/aromatic N) is 3. The number of carbonyl (C=O) groups is 1. The van der Waals surface area contributed by atoms with Crippen molar-refractivity contribution in [2.45, 2.75) is 25.3 Å². The van der Waals surface area contributed by atoms with Crippen molar-refractivity contribution in [1.29, 1.82) is 0 Å². The van der Waals surface area contributed by atoms with Crippen molar-refractivity contribution in [3.05, 3.63) is 45.9 Å². The fourth-order valence-electron chi connectivity index (χ4n) is 2.74. The number of rotatable bonds is 5. The SMILES string of the molecule is Cc1ccc(SCC(=O)N2CCN(Cc3csc(C)n3)CC2)cc1. The van der Waals surface area contributed by atoms with Crippen LogP contribution >= 0.6 is 23.1 Å². The van der Waals surface area contributed by atoms with Gasteiger partial charge in [-0.3, -0.25) is 9.69 Å². The summed E-state index contributed by atoms with van der Waals surface area (Å²) in [6, 6.07) is 8.35. The minimum Gasteiger partial charge on any atom is -0.339 e. The first-order chi connectivity index (χ1) is 11.6. The van der Waals surface area contributed by atoms with Gasteiger partial charge in [0.05, 0.1) is 16.5 Å². The van der Waals surface area contributed by atoms with Crippen LogP contribution in [-0.2, 0) is 11.3 Å². The Hall–Kier alpha value is -1.37. The molecule has 0 atom stereocenters. The molecule has 1 aromatic heterocycles. The van der Waals surface area contributed by atoms with Gasteiger partial charge in [0, 0.05) is 43.0 Å². The Balaban J connectivity index is 1.42. The van der Waals surface area contributed by atoms with Crippen molar-refractivity contribution < 1.29 is 4.79 Å². The Labute approximate surface area is 151 Å². The van der Waals surface area contributed by atoms with Gasteiger partial charge in [0.25, 0.3) is 0 Å². The van der Waals surface area contributed by atoms with E-state index in [9.17, 15) is 4.79 Å². The van der Waals surface area contributed by atoms with Gasteiger partial charge in [0.2, 0.25) is 5.91 Å². The molecule has 0 spiro atoms. The van der Waals surface area contributed by atoms with Crippen LogP contribution in [0.3, 0.4) is 0 Å². The third kappa shape index (κ3) is 4.82. The van der Waals surface area contributed by atoms with Crippen LogP contribution in [0.25, 0.3) is 0 Å². The van der Waals surface area contributed by atoms with Gasteiger partial charge in [-0.2, -0.15) is 0 Å². The fraction of sp³-hybridized carbons (Fsp3) is 0.444. The Morgan fingerprint density at radius 2 is 1.88 bits per heavy atom. The zero-order chi connectivity index (χ0) is 16.9. The second-order valence-electron chi connectivity index (χ2n) is 6.12. The van der Waals surface area contributed by atoms with Crippen molar-refractivity contribution in [2.75, 3.05) is 31.9 Å². The van der Waals surface area contributed by atoms with E-state index in [1.165, 1.54) is 5.56 Å². The quantitative estimate of drug-likeness (QED) is 0.767. The molecule has 0 N–H and O–H groups in total. The molecule has 3 rings (SSSR count). The third-order valence-corrected chi connectivity index (χ3v) is 5.98. The molecule has 1 aliphatic heterocycles. The van der Waals surface area contributed by atoms with E-state index in [0.29, 0.717) is 5.75 Å². The molecule has 6 heteroatoms. The highest BCUT2D eigenvalue weighted by Crippen LogP contribution is 2.19. The average Bonchev–Trinajstić information content (AvgIpc) is 2.99. The second kappa shape index (κ2) is 8.14. The van der Waals surface area contributed by atoms with E-state index in [1.807, 2.05) is 11.8 Å². The molecule has 0 aliphatic carbocycles. The number of carbonyl (C=O) groups excluding carboxylic acids is 1.